The quantitative estimate of drug-likeness (QED) is 0.414. The Balaban J connectivity index is 1.39. The summed E-state index contributed by atoms with van der Waals surface area (Å²) in [6.07, 6.45) is 0. The van der Waals surface area contributed by atoms with Gasteiger partial charge in [0, 0.05) is 11.3 Å². The minimum Gasteiger partial charge on any atom is -0.494 e. The van der Waals surface area contributed by atoms with E-state index in [0.29, 0.717) is 29.6 Å². The van der Waals surface area contributed by atoms with Crippen molar-refractivity contribution in [3.05, 3.63) is 89.0 Å². The second-order valence-corrected chi connectivity index (χ2v) is 7.89. The van der Waals surface area contributed by atoms with Gasteiger partial charge in [-0.2, -0.15) is 4.68 Å². The highest BCUT2D eigenvalue weighted by molar-refractivity contribution is 6.34. The van der Waals surface area contributed by atoms with E-state index >= 15 is 0 Å². The third-order valence-electron chi connectivity index (χ3n) is 5.61. The first-order valence-corrected chi connectivity index (χ1v) is 11.0. The molecule has 0 fully saturated rings. The highest BCUT2D eigenvalue weighted by Crippen LogP contribution is 2.30. The van der Waals surface area contributed by atoms with E-state index in [1.54, 1.807) is 31.2 Å². The molecule has 1 aliphatic heterocycles. The fourth-order valence-corrected chi connectivity index (χ4v) is 3.88. The molecule has 0 saturated carbocycles. The number of halogens is 1. The van der Waals surface area contributed by atoms with Gasteiger partial charge >= 0.3 is 0 Å². The number of hydrogen-bond acceptors (Lipinski definition) is 7. The van der Waals surface area contributed by atoms with Crippen molar-refractivity contribution in [3.8, 4) is 11.4 Å². The third kappa shape index (κ3) is 3.96. The summed E-state index contributed by atoms with van der Waals surface area (Å²) in [6.45, 7) is 3.97. The number of hydrogen-bond donors (Lipinski definition) is 1. The molecule has 180 valence electrons. The molecule has 0 unspecified atom stereocenters. The summed E-state index contributed by atoms with van der Waals surface area (Å²) in [5, 5.41) is 13.7. The first-order valence-electron chi connectivity index (χ1n) is 11.0. The summed E-state index contributed by atoms with van der Waals surface area (Å²) in [5.41, 5.74) is 1.23. The van der Waals surface area contributed by atoms with E-state index in [-0.39, 0.29) is 22.4 Å². The second kappa shape index (κ2) is 9.02. The number of anilines is 2. The fraction of sp³-hybridized carbons (Fsp3) is 0.120. The van der Waals surface area contributed by atoms with Crippen LogP contribution in [-0.2, 0) is 0 Å². The molecule has 4 aromatic rings. The Kier molecular flexibility index (Phi) is 5.72. The molecule has 0 aliphatic carbocycles. The molecule has 1 N–H and O–H groups in total. The lowest BCUT2D eigenvalue weighted by molar-refractivity contribution is 0.0925. The maximum Gasteiger partial charge on any atom is 0.266 e. The molecule has 0 saturated heterocycles. The van der Waals surface area contributed by atoms with Gasteiger partial charge in [0.25, 0.3) is 17.7 Å². The normalized spacial score (nSPS) is 12.6. The number of ether oxygens (including phenoxy) is 1. The number of aryl methyl sites for hydroxylation is 1. The van der Waals surface area contributed by atoms with Crippen LogP contribution in [0.4, 0.5) is 15.8 Å². The van der Waals surface area contributed by atoms with Gasteiger partial charge < -0.3 is 10.1 Å². The summed E-state index contributed by atoms with van der Waals surface area (Å²) < 4.78 is 20.9. The molecule has 1 aliphatic rings. The highest BCUT2D eigenvalue weighted by atomic mass is 19.1. The Bertz CT molecular complexity index is 1520. The molecule has 0 atom stereocenters. The van der Waals surface area contributed by atoms with E-state index in [2.05, 4.69) is 20.8 Å². The van der Waals surface area contributed by atoms with Crippen molar-refractivity contribution >= 4 is 29.1 Å². The number of nitrogens with one attached hydrogen (secondary N) is 1. The van der Waals surface area contributed by atoms with E-state index in [9.17, 15) is 18.8 Å². The number of carbonyl (C=O) groups is 3. The molecular formula is C25H19FN6O4. The average molecular weight is 486 g/mol. The van der Waals surface area contributed by atoms with Crippen LogP contribution < -0.4 is 15.0 Å². The Morgan fingerprint density at radius 2 is 1.75 bits per heavy atom. The first kappa shape index (κ1) is 22.8. The van der Waals surface area contributed by atoms with Gasteiger partial charge in [-0.3, -0.25) is 14.4 Å². The van der Waals surface area contributed by atoms with Crippen LogP contribution in [0.3, 0.4) is 0 Å². The van der Waals surface area contributed by atoms with Gasteiger partial charge in [0.1, 0.15) is 17.3 Å². The van der Waals surface area contributed by atoms with E-state index in [1.807, 2.05) is 6.92 Å². The summed E-state index contributed by atoms with van der Waals surface area (Å²) in [6, 6.07) is 14.8. The summed E-state index contributed by atoms with van der Waals surface area (Å²) in [4.78, 5) is 40.0. The Labute approximate surface area is 204 Å². The standard InChI is InChI=1S/C25H19FN6O4/c1-3-36-18-8-6-17(7-9-18)31-24(34)19-10-4-15(12-20(19)25(31)35)23(33)27-16-5-11-21(26)22(13-16)32-14(2)28-29-30-32/h4-13H,3H2,1-2H3,(H,27,33). The number of imide groups is 1. The number of amides is 3. The lowest BCUT2D eigenvalue weighted by atomic mass is 10.1. The number of tetrazole rings is 1. The third-order valence-corrected chi connectivity index (χ3v) is 5.61. The van der Waals surface area contributed by atoms with Gasteiger partial charge in [0.2, 0.25) is 0 Å². The topological polar surface area (TPSA) is 119 Å². The zero-order valence-electron chi connectivity index (χ0n) is 19.2. The molecule has 0 bridgehead atoms. The van der Waals surface area contributed by atoms with E-state index in [4.69, 9.17) is 4.74 Å². The molecule has 3 aromatic carbocycles. The van der Waals surface area contributed by atoms with Crippen LogP contribution >= 0.6 is 0 Å². The number of aromatic nitrogens is 4. The van der Waals surface area contributed by atoms with Crippen molar-refractivity contribution in [1.29, 1.82) is 0 Å². The van der Waals surface area contributed by atoms with Crippen molar-refractivity contribution in [1.82, 2.24) is 20.2 Å². The fourth-order valence-electron chi connectivity index (χ4n) is 3.88. The van der Waals surface area contributed by atoms with E-state index in [1.165, 1.54) is 41.1 Å². The summed E-state index contributed by atoms with van der Waals surface area (Å²) >= 11 is 0. The van der Waals surface area contributed by atoms with Gasteiger partial charge in [0.05, 0.1) is 23.4 Å². The smallest absolute Gasteiger partial charge is 0.266 e. The van der Waals surface area contributed by atoms with Crippen molar-refractivity contribution in [2.45, 2.75) is 13.8 Å². The average Bonchev–Trinajstić information content (AvgIpc) is 3.41. The highest BCUT2D eigenvalue weighted by Gasteiger charge is 2.37. The largest absolute Gasteiger partial charge is 0.494 e. The maximum atomic E-state index is 14.3. The molecule has 1 aromatic heterocycles. The molecule has 0 radical (unpaired) electrons. The van der Waals surface area contributed by atoms with Crippen LogP contribution in [0.5, 0.6) is 5.75 Å². The molecule has 36 heavy (non-hydrogen) atoms. The van der Waals surface area contributed by atoms with Crippen LogP contribution in [0.2, 0.25) is 0 Å². The van der Waals surface area contributed by atoms with Crippen LogP contribution in [0.25, 0.3) is 5.69 Å². The maximum absolute atomic E-state index is 14.3. The Morgan fingerprint density at radius 1 is 1.00 bits per heavy atom. The van der Waals surface area contributed by atoms with Crippen molar-refractivity contribution in [2.24, 2.45) is 0 Å². The molecule has 10 nitrogen and oxygen atoms in total. The predicted octanol–water partition coefficient (Wildman–Crippen LogP) is 3.56. The number of benzene rings is 3. The van der Waals surface area contributed by atoms with Crippen molar-refractivity contribution in [2.75, 3.05) is 16.8 Å². The van der Waals surface area contributed by atoms with Crippen LogP contribution in [-0.4, -0.2) is 44.5 Å². The molecule has 3 amide bonds. The predicted molar refractivity (Wildman–Crippen MR) is 127 cm³/mol. The van der Waals surface area contributed by atoms with Gasteiger partial charge in [0.15, 0.2) is 5.82 Å². The zero-order chi connectivity index (χ0) is 25.4. The molecule has 5 rings (SSSR count). The Morgan fingerprint density at radius 3 is 2.44 bits per heavy atom. The SMILES string of the molecule is CCOc1ccc(N2C(=O)c3ccc(C(=O)Nc4ccc(F)c(-n5nnnc5C)c4)cc3C2=O)cc1. The monoisotopic (exact) mass is 486 g/mol. The summed E-state index contributed by atoms with van der Waals surface area (Å²) in [5.74, 6) is -1.13. The second-order valence-electron chi connectivity index (χ2n) is 7.89. The van der Waals surface area contributed by atoms with Gasteiger partial charge in [-0.25, -0.2) is 9.29 Å². The number of fused-ring (bicyclic) bond motifs is 1. The molecule has 0 spiro atoms. The Hall–Kier alpha value is -4.93. The minimum atomic E-state index is -0.570. The zero-order valence-corrected chi connectivity index (χ0v) is 19.2. The number of carbonyl (C=O) groups excluding carboxylic acids is 3. The number of rotatable bonds is 6. The van der Waals surface area contributed by atoms with Crippen LogP contribution in [0.1, 0.15) is 43.8 Å². The molecule has 2 heterocycles. The van der Waals surface area contributed by atoms with Gasteiger partial charge in [-0.05, 0) is 84.9 Å². The number of nitrogens with zero attached hydrogens (tertiary/aromatic N) is 5. The van der Waals surface area contributed by atoms with Gasteiger partial charge in [-0.15, -0.1) is 5.10 Å². The molecule has 11 heteroatoms. The minimum absolute atomic E-state index is 0.0658. The lowest BCUT2D eigenvalue weighted by Crippen LogP contribution is -2.29. The van der Waals surface area contributed by atoms with E-state index < -0.39 is 23.5 Å². The van der Waals surface area contributed by atoms with Crippen molar-refractivity contribution < 1.29 is 23.5 Å². The van der Waals surface area contributed by atoms with E-state index in [0.717, 1.165) is 4.90 Å². The lowest BCUT2D eigenvalue weighted by Gasteiger charge is -2.14. The summed E-state index contributed by atoms with van der Waals surface area (Å²) in [7, 11) is 0. The molecular weight excluding hydrogens is 467 g/mol. The van der Waals surface area contributed by atoms with Crippen molar-refractivity contribution in [3.63, 3.8) is 0 Å². The van der Waals surface area contributed by atoms with Crippen LogP contribution in [0, 0.1) is 12.7 Å². The van der Waals surface area contributed by atoms with Crippen LogP contribution in [0.15, 0.2) is 60.7 Å². The van der Waals surface area contributed by atoms with Gasteiger partial charge in [-0.1, -0.05) is 0 Å². The first-order chi connectivity index (χ1) is 17.4.